The molecule has 1 aromatic carbocycles. The number of carbonyl (C=O) groups is 2. The number of methoxy groups -OCH3 is 1. The van der Waals surface area contributed by atoms with Gasteiger partial charge in [-0.3, -0.25) is 9.59 Å². The molecule has 0 radical (unpaired) electrons. The Kier molecular flexibility index (Phi) is 5.41. The molecule has 1 atom stereocenters. The third kappa shape index (κ3) is 3.59. The summed E-state index contributed by atoms with van der Waals surface area (Å²) in [6.07, 6.45) is 1.60. The van der Waals surface area contributed by atoms with Crippen LogP contribution in [0.2, 0.25) is 0 Å². The maximum absolute atomic E-state index is 12.6. The molecule has 5 heteroatoms. The molecule has 0 aromatic heterocycles. The summed E-state index contributed by atoms with van der Waals surface area (Å²) in [6.45, 7) is 5.20. The molecule has 2 rings (SSSR count). The standard InChI is InChI=1S/C17H23NO4/c1-4-22-17(20)14-6-5-9-18(11-14)16(19)13-8-7-12(2)15(10-13)21-3/h7-8,10,14H,4-6,9,11H2,1-3H3. The van der Waals surface area contributed by atoms with Gasteiger partial charge in [-0.15, -0.1) is 0 Å². The van der Waals surface area contributed by atoms with Crippen molar-refractivity contribution in [2.45, 2.75) is 26.7 Å². The molecule has 120 valence electrons. The molecule has 5 nitrogen and oxygen atoms in total. The lowest BCUT2D eigenvalue weighted by molar-refractivity contribution is -0.149. The molecule has 0 N–H and O–H groups in total. The predicted molar refractivity (Wildman–Crippen MR) is 83.0 cm³/mol. The molecule has 0 spiro atoms. The highest BCUT2D eigenvalue weighted by molar-refractivity contribution is 5.95. The highest BCUT2D eigenvalue weighted by Gasteiger charge is 2.29. The maximum Gasteiger partial charge on any atom is 0.310 e. The van der Waals surface area contributed by atoms with Crippen molar-refractivity contribution in [2.24, 2.45) is 5.92 Å². The van der Waals surface area contributed by atoms with Crippen molar-refractivity contribution in [3.8, 4) is 5.75 Å². The van der Waals surface area contributed by atoms with E-state index in [4.69, 9.17) is 9.47 Å². The first-order valence-electron chi connectivity index (χ1n) is 7.67. The molecule has 22 heavy (non-hydrogen) atoms. The van der Waals surface area contributed by atoms with Gasteiger partial charge in [-0.05, 0) is 44.4 Å². The van der Waals surface area contributed by atoms with Crippen LogP contribution in [-0.2, 0) is 9.53 Å². The van der Waals surface area contributed by atoms with Gasteiger partial charge in [0.1, 0.15) is 5.75 Å². The van der Waals surface area contributed by atoms with Gasteiger partial charge in [0.25, 0.3) is 5.91 Å². The van der Waals surface area contributed by atoms with Crippen LogP contribution in [0.1, 0.15) is 35.7 Å². The molecular formula is C17H23NO4. The largest absolute Gasteiger partial charge is 0.496 e. The second kappa shape index (κ2) is 7.29. The average Bonchev–Trinajstić information content (AvgIpc) is 2.55. The van der Waals surface area contributed by atoms with E-state index < -0.39 is 0 Å². The van der Waals surface area contributed by atoms with E-state index >= 15 is 0 Å². The van der Waals surface area contributed by atoms with E-state index in [1.807, 2.05) is 13.0 Å². The average molecular weight is 305 g/mol. The van der Waals surface area contributed by atoms with E-state index in [2.05, 4.69) is 0 Å². The minimum Gasteiger partial charge on any atom is -0.496 e. The summed E-state index contributed by atoms with van der Waals surface area (Å²) in [5.41, 5.74) is 1.58. The number of hydrogen-bond donors (Lipinski definition) is 0. The molecule has 1 amide bonds. The van der Waals surface area contributed by atoms with Gasteiger partial charge in [0.15, 0.2) is 0 Å². The quantitative estimate of drug-likeness (QED) is 0.802. The van der Waals surface area contributed by atoms with Crippen molar-refractivity contribution in [1.29, 1.82) is 0 Å². The summed E-state index contributed by atoms with van der Waals surface area (Å²) in [6, 6.07) is 5.43. The minimum atomic E-state index is -0.218. The summed E-state index contributed by atoms with van der Waals surface area (Å²) in [5, 5.41) is 0. The zero-order valence-corrected chi connectivity index (χ0v) is 13.4. The summed E-state index contributed by atoms with van der Waals surface area (Å²) in [5.74, 6) is 0.212. The van der Waals surface area contributed by atoms with Gasteiger partial charge in [0.05, 0.1) is 19.6 Å². The zero-order chi connectivity index (χ0) is 16.1. The molecule has 1 saturated heterocycles. The second-order valence-electron chi connectivity index (χ2n) is 5.53. The number of carbonyl (C=O) groups excluding carboxylic acids is 2. The van der Waals surface area contributed by atoms with Crippen LogP contribution in [-0.4, -0.2) is 43.6 Å². The Balaban J connectivity index is 2.10. The number of likely N-dealkylation sites (tertiary alicyclic amines) is 1. The smallest absolute Gasteiger partial charge is 0.310 e. The van der Waals surface area contributed by atoms with Gasteiger partial charge in [0.2, 0.25) is 0 Å². The van der Waals surface area contributed by atoms with Gasteiger partial charge in [-0.1, -0.05) is 6.07 Å². The highest BCUT2D eigenvalue weighted by Crippen LogP contribution is 2.23. The lowest BCUT2D eigenvalue weighted by Gasteiger charge is -2.31. The van der Waals surface area contributed by atoms with E-state index in [9.17, 15) is 9.59 Å². The Bertz CT molecular complexity index is 556. The van der Waals surface area contributed by atoms with Crippen LogP contribution in [0.3, 0.4) is 0 Å². The maximum atomic E-state index is 12.6. The molecule has 1 heterocycles. The second-order valence-corrected chi connectivity index (χ2v) is 5.53. The highest BCUT2D eigenvalue weighted by atomic mass is 16.5. The number of rotatable bonds is 4. The van der Waals surface area contributed by atoms with E-state index in [0.717, 1.165) is 18.4 Å². The van der Waals surface area contributed by atoms with Crippen molar-refractivity contribution in [2.75, 3.05) is 26.8 Å². The number of benzene rings is 1. The summed E-state index contributed by atoms with van der Waals surface area (Å²) < 4.78 is 10.3. The number of esters is 1. The Morgan fingerprint density at radius 1 is 1.36 bits per heavy atom. The Morgan fingerprint density at radius 3 is 2.82 bits per heavy atom. The zero-order valence-electron chi connectivity index (χ0n) is 13.4. The van der Waals surface area contributed by atoms with E-state index in [0.29, 0.717) is 31.0 Å². The van der Waals surface area contributed by atoms with Crippen molar-refractivity contribution >= 4 is 11.9 Å². The van der Waals surface area contributed by atoms with Crippen molar-refractivity contribution in [3.63, 3.8) is 0 Å². The van der Waals surface area contributed by atoms with Gasteiger partial charge >= 0.3 is 5.97 Å². The first-order valence-corrected chi connectivity index (χ1v) is 7.67. The molecular weight excluding hydrogens is 282 g/mol. The van der Waals surface area contributed by atoms with Crippen molar-refractivity contribution in [3.05, 3.63) is 29.3 Å². The molecule has 1 fully saturated rings. The summed E-state index contributed by atoms with van der Waals surface area (Å²) in [4.78, 5) is 26.2. The number of hydrogen-bond acceptors (Lipinski definition) is 4. The molecule has 1 aliphatic rings. The van der Waals surface area contributed by atoms with Crippen LogP contribution >= 0.6 is 0 Å². The summed E-state index contributed by atoms with van der Waals surface area (Å²) in [7, 11) is 1.59. The van der Waals surface area contributed by atoms with Crippen LogP contribution in [0.5, 0.6) is 5.75 Å². The van der Waals surface area contributed by atoms with Gasteiger partial charge in [-0.2, -0.15) is 0 Å². The number of aryl methyl sites for hydroxylation is 1. The third-order valence-electron chi connectivity index (χ3n) is 3.98. The van der Waals surface area contributed by atoms with Crippen LogP contribution in [0.15, 0.2) is 18.2 Å². The fourth-order valence-corrected chi connectivity index (χ4v) is 2.75. The van der Waals surface area contributed by atoms with Gasteiger partial charge < -0.3 is 14.4 Å². The van der Waals surface area contributed by atoms with Crippen LogP contribution in [0.4, 0.5) is 0 Å². The predicted octanol–water partition coefficient (Wildman–Crippen LogP) is 2.42. The Hall–Kier alpha value is -2.04. The first-order chi connectivity index (χ1) is 10.6. The number of amides is 1. The lowest BCUT2D eigenvalue weighted by atomic mass is 9.97. The van der Waals surface area contributed by atoms with Crippen molar-refractivity contribution in [1.82, 2.24) is 4.90 Å². The topological polar surface area (TPSA) is 55.8 Å². The number of piperidine rings is 1. The molecule has 0 bridgehead atoms. The Labute approximate surface area is 131 Å². The monoisotopic (exact) mass is 305 g/mol. The minimum absolute atomic E-state index is 0.0627. The molecule has 1 aliphatic heterocycles. The normalized spacial score (nSPS) is 18.0. The van der Waals surface area contributed by atoms with Crippen LogP contribution < -0.4 is 4.74 Å². The SMILES string of the molecule is CCOC(=O)C1CCCN(C(=O)c2ccc(C)c(OC)c2)C1. The lowest BCUT2D eigenvalue weighted by Crippen LogP contribution is -2.42. The van der Waals surface area contributed by atoms with E-state index in [-0.39, 0.29) is 17.8 Å². The van der Waals surface area contributed by atoms with Gasteiger partial charge in [0, 0.05) is 18.7 Å². The fourth-order valence-electron chi connectivity index (χ4n) is 2.75. The van der Waals surface area contributed by atoms with Crippen molar-refractivity contribution < 1.29 is 19.1 Å². The summed E-state index contributed by atoms with van der Waals surface area (Å²) >= 11 is 0. The molecule has 0 saturated carbocycles. The van der Waals surface area contributed by atoms with E-state index in [1.54, 1.807) is 31.1 Å². The van der Waals surface area contributed by atoms with E-state index in [1.165, 1.54) is 0 Å². The molecule has 0 aliphatic carbocycles. The van der Waals surface area contributed by atoms with Gasteiger partial charge in [-0.25, -0.2) is 0 Å². The fraction of sp³-hybridized carbons (Fsp3) is 0.529. The third-order valence-corrected chi connectivity index (χ3v) is 3.98. The van der Waals surface area contributed by atoms with Crippen LogP contribution in [0.25, 0.3) is 0 Å². The molecule has 1 aromatic rings. The Morgan fingerprint density at radius 2 is 2.14 bits per heavy atom. The number of ether oxygens (including phenoxy) is 2. The molecule has 1 unspecified atom stereocenters. The van der Waals surface area contributed by atoms with Crippen LogP contribution in [0, 0.1) is 12.8 Å². The first kappa shape index (κ1) is 16.3. The number of nitrogens with zero attached hydrogens (tertiary/aromatic N) is 1.